The van der Waals surface area contributed by atoms with E-state index in [4.69, 9.17) is 4.74 Å². The highest BCUT2D eigenvalue weighted by Gasteiger charge is 2.71. The zero-order chi connectivity index (χ0) is 41.2. The average Bonchev–Trinajstić information content (AvgIpc) is 3.64. The van der Waals surface area contributed by atoms with Crippen molar-refractivity contribution in [2.24, 2.45) is 88.3 Å². The lowest BCUT2D eigenvalue weighted by Crippen LogP contribution is -2.71. The Labute approximate surface area is 375 Å². The van der Waals surface area contributed by atoms with Crippen molar-refractivity contribution in [2.75, 3.05) is 0 Å². The van der Waals surface area contributed by atoms with Gasteiger partial charge in [-0.1, -0.05) is 98.4 Å². The van der Waals surface area contributed by atoms with Gasteiger partial charge < -0.3 is 4.74 Å². The Bertz CT molecular complexity index is 1860. The van der Waals surface area contributed by atoms with Gasteiger partial charge >= 0.3 is 0 Å². The highest BCUT2D eigenvalue weighted by molar-refractivity contribution is 5.31. The Morgan fingerprint density at radius 3 is 2.29 bits per heavy atom. The summed E-state index contributed by atoms with van der Waals surface area (Å²) < 4.78 is 7.42. The summed E-state index contributed by atoms with van der Waals surface area (Å²) in [5.74, 6) is 9.16. The molecule has 2 aliphatic heterocycles. The van der Waals surface area contributed by atoms with Crippen LogP contribution in [0.3, 0.4) is 0 Å². The molecule has 2 saturated heterocycles. The fourth-order valence-electron chi connectivity index (χ4n) is 18.5. The minimum Gasteiger partial charge on any atom is -0.370 e. The zero-order valence-electron chi connectivity index (χ0n) is 38.1. The van der Waals surface area contributed by atoms with Gasteiger partial charge in [0.15, 0.2) is 0 Å². The van der Waals surface area contributed by atoms with E-state index in [1.165, 1.54) is 148 Å². The molecule has 0 amide bonds. The number of fused-ring (bicyclic) bond motifs is 11. The maximum absolute atomic E-state index is 10.8. The summed E-state index contributed by atoms with van der Waals surface area (Å²) in [4.78, 5) is 0. The monoisotopic (exact) mass is 837 g/mol. The van der Waals surface area contributed by atoms with Gasteiger partial charge in [-0.15, -0.1) is 0 Å². The van der Waals surface area contributed by atoms with E-state index < -0.39 is 0 Å². The molecule has 0 radical (unpaired) electrons. The fraction of sp³-hybridized carbons (Fsp3) is 0.772. The van der Waals surface area contributed by atoms with Gasteiger partial charge in [0.2, 0.25) is 0 Å². The molecule has 0 aromatic heterocycles. The normalized spacial score (nSPS) is 50.0. The molecule has 10 aliphatic carbocycles. The van der Waals surface area contributed by atoms with Crippen LogP contribution in [-0.4, -0.2) is 30.7 Å². The molecular formula is C57H80N4O. The minimum absolute atomic E-state index is 0.187. The van der Waals surface area contributed by atoms with E-state index in [0.29, 0.717) is 71.9 Å². The highest BCUT2D eigenvalue weighted by atomic mass is 16.5. The molecule has 0 aromatic rings. The zero-order valence-corrected chi connectivity index (χ0v) is 38.1. The molecule has 19 unspecified atom stereocenters. The molecule has 0 bridgehead atoms. The highest BCUT2D eigenvalue weighted by Crippen LogP contribution is 2.74. The Morgan fingerprint density at radius 1 is 0.597 bits per heavy atom. The number of hydrogen-bond acceptors (Lipinski definition) is 5. The molecule has 12 rings (SSSR count). The fourth-order valence-corrected chi connectivity index (χ4v) is 18.5. The van der Waals surface area contributed by atoms with Gasteiger partial charge in [-0.3, -0.25) is 16.0 Å². The van der Waals surface area contributed by atoms with Crippen LogP contribution in [0, 0.1) is 99.6 Å². The van der Waals surface area contributed by atoms with Crippen LogP contribution in [0.15, 0.2) is 71.9 Å². The van der Waals surface area contributed by atoms with Crippen LogP contribution in [0.2, 0.25) is 0 Å². The van der Waals surface area contributed by atoms with Gasteiger partial charge in [-0.25, -0.2) is 0 Å². The van der Waals surface area contributed by atoms with E-state index in [0.717, 1.165) is 36.0 Å². The quantitative estimate of drug-likeness (QED) is 0.241. The maximum atomic E-state index is 10.8. The second-order valence-electron chi connectivity index (χ2n) is 23.5. The van der Waals surface area contributed by atoms with Crippen LogP contribution in [0.25, 0.3) is 0 Å². The van der Waals surface area contributed by atoms with E-state index in [2.05, 4.69) is 82.8 Å². The molecule has 2 heterocycles. The second kappa shape index (κ2) is 17.5. The molecule has 7 fully saturated rings. The van der Waals surface area contributed by atoms with Crippen molar-refractivity contribution in [3.05, 3.63) is 71.9 Å². The van der Waals surface area contributed by atoms with E-state index in [1.807, 2.05) is 0 Å². The van der Waals surface area contributed by atoms with Crippen LogP contribution in [0.1, 0.15) is 154 Å². The van der Waals surface area contributed by atoms with E-state index in [1.54, 1.807) is 11.1 Å². The number of nitrogens with zero attached hydrogens (tertiary/aromatic N) is 1. The van der Waals surface area contributed by atoms with Crippen molar-refractivity contribution in [1.82, 2.24) is 16.0 Å². The number of rotatable bonds is 5. The van der Waals surface area contributed by atoms with Gasteiger partial charge in [0, 0.05) is 11.8 Å². The van der Waals surface area contributed by atoms with Crippen LogP contribution in [0.5, 0.6) is 0 Å². The molecule has 1 spiro atoms. The summed E-state index contributed by atoms with van der Waals surface area (Å²) in [7, 11) is 0. The topological polar surface area (TPSA) is 69.1 Å². The van der Waals surface area contributed by atoms with E-state index >= 15 is 0 Å². The molecule has 5 nitrogen and oxygen atoms in total. The first kappa shape index (κ1) is 41.2. The predicted octanol–water partition coefficient (Wildman–Crippen LogP) is 12.2. The molecule has 5 heteroatoms. The summed E-state index contributed by atoms with van der Waals surface area (Å²) in [5, 5.41) is 23.3. The standard InChI is InChI=1S/C57H80N4O/c58-35-43-33-50-53(45-21-8-7-20-44(43)45)46-22-9-10-23-47(46)57(50)48-24-11-12-25-51(48)62-52-34-41(30-31-49(52)57)37-28-26-36(27-29-37)40-18-13-19-42(32-40)56-60-54(38-14-3-1-4-15-38)59-55(61-56)39-16-5-2-6-17-39/h10-14,18,23-25,28,36,39-56,59-61H,1-9,15-17,19-22,26-27,29-34H2. The Balaban J connectivity index is 0.754. The number of ether oxygens (including phenoxy) is 1. The smallest absolute Gasteiger partial charge is 0.0831 e. The van der Waals surface area contributed by atoms with Gasteiger partial charge in [-0.05, 0) is 204 Å². The number of hydrogen-bond donors (Lipinski definition) is 3. The minimum atomic E-state index is 0.187. The van der Waals surface area contributed by atoms with Crippen molar-refractivity contribution in [3.8, 4) is 6.07 Å². The van der Waals surface area contributed by atoms with Crippen LogP contribution < -0.4 is 16.0 Å². The van der Waals surface area contributed by atoms with Gasteiger partial charge in [-0.2, -0.15) is 5.26 Å². The summed E-state index contributed by atoms with van der Waals surface area (Å²) >= 11 is 0. The number of nitrogens with one attached hydrogen (secondary N) is 3. The SMILES string of the molecule is N#CC1CC2C(C3CCCCC13)C1CCC=CC1C21C2C=CC=CC2OC2CC(C3=CCC(C4C=CCC(C5NC(C6=CCCCC6)NC(C6CCCCC6)N5)C4)CC3)CCC21. The number of allylic oxidation sites excluding steroid dienone is 9. The molecule has 334 valence electrons. The summed E-state index contributed by atoms with van der Waals surface area (Å²) in [6.45, 7) is 0. The molecule has 12 aliphatic rings. The first-order chi connectivity index (χ1) is 30.7. The predicted molar refractivity (Wildman–Crippen MR) is 250 cm³/mol. The van der Waals surface area contributed by atoms with Crippen molar-refractivity contribution in [3.63, 3.8) is 0 Å². The maximum Gasteiger partial charge on any atom is 0.0831 e. The third kappa shape index (κ3) is 7.11. The van der Waals surface area contributed by atoms with Crippen molar-refractivity contribution < 1.29 is 4.74 Å². The summed E-state index contributed by atoms with van der Waals surface area (Å²) in [5.41, 5.74) is 3.64. The van der Waals surface area contributed by atoms with E-state index in [-0.39, 0.29) is 17.4 Å². The summed E-state index contributed by atoms with van der Waals surface area (Å²) in [6.07, 6.45) is 58.9. The first-order valence-electron chi connectivity index (χ1n) is 27.1. The molecule has 0 aromatic carbocycles. The third-order valence-electron chi connectivity index (χ3n) is 21.0. The lowest BCUT2D eigenvalue weighted by Gasteiger charge is -2.62. The molecular weight excluding hydrogens is 757 g/mol. The molecule has 19 atom stereocenters. The first-order valence-corrected chi connectivity index (χ1v) is 27.1. The van der Waals surface area contributed by atoms with Gasteiger partial charge in [0.1, 0.15) is 0 Å². The van der Waals surface area contributed by atoms with Crippen molar-refractivity contribution >= 4 is 0 Å². The van der Waals surface area contributed by atoms with E-state index in [9.17, 15) is 5.26 Å². The van der Waals surface area contributed by atoms with Gasteiger partial charge in [0.05, 0.1) is 36.8 Å². The van der Waals surface area contributed by atoms with Crippen LogP contribution >= 0.6 is 0 Å². The second-order valence-corrected chi connectivity index (χ2v) is 23.5. The Kier molecular flexibility index (Phi) is 11.7. The van der Waals surface area contributed by atoms with Crippen molar-refractivity contribution in [2.45, 2.75) is 185 Å². The summed E-state index contributed by atoms with van der Waals surface area (Å²) in [6, 6.07) is 2.98. The van der Waals surface area contributed by atoms with Crippen LogP contribution in [-0.2, 0) is 4.74 Å². The lowest BCUT2D eigenvalue weighted by atomic mass is 9.45. The third-order valence-corrected chi connectivity index (χ3v) is 21.0. The molecule has 62 heavy (non-hydrogen) atoms. The largest absolute Gasteiger partial charge is 0.370 e. The van der Waals surface area contributed by atoms with Crippen molar-refractivity contribution in [1.29, 1.82) is 5.26 Å². The Morgan fingerprint density at radius 2 is 1.45 bits per heavy atom. The van der Waals surface area contributed by atoms with Gasteiger partial charge in [0.25, 0.3) is 0 Å². The Hall–Kier alpha value is -2.23. The lowest BCUT2D eigenvalue weighted by molar-refractivity contribution is -0.209. The molecule has 5 saturated carbocycles. The average molecular weight is 837 g/mol. The number of nitriles is 1. The van der Waals surface area contributed by atoms with Crippen LogP contribution in [0.4, 0.5) is 0 Å². The molecule has 3 N–H and O–H groups in total.